The number of aromatic nitrogens is 1. The zero-order valence-electron chi connectivity index (χ0n) is 35.6. The molecule has 1 aromatic carbocycles. The molecule has 0 unspecified atom stereocenters. The number of nitrogens with two attached hydrogens (primary N) is 1. The molecule has 4 fully saturated rings. The first-order valence-electron chi connectivity index (χ1n) is 23.1. The first kappa shape index (κ1) is 42.6. The summed E-state index contributed by atoms with van der Waals surface area (Å²) in [6, 6.07) is 5.77. The number of ketones is 2. The number of carbonyl (C=O) groups is 2. The second-order valence-corrected chi connectivity index (χ2v) is 19.2. The van der Waals surface area contributed by atoms with Crippen LogP contribution >= 0.6 is 0 Å². The van der Waals surface area contributed by atoms with Gasteiger partial charge in [-0.05, 0) is 147 Å². The topological polar surface area (TPSA) is 167 Å². The van der Waals surface area contributed by atoms with Crippen molar-refractivity contribution in [2.75, 3.05) is 19.4 Å². The largest absolute Gasteiger partial charge is 0.504 e. The number of nitrogen functional groups attached to an aromatic ring is 1. The summed E-state index contributed by atoms with van der Waals surface area (Å²) in [6.45, 7) is 0.698. The van der Waals surface area contributed by atoms with E-state index in [0.717, 1.165) is 59.9 Å². The molecule has 2 aliphatic heterocycles. The maximum absolute atomic E-state index is 14.3. The summed E-state index contributed by atoms with van der Waals surface area (Å²) < 4.78 is 5.49. The lowest BCUT2D eigenvalue weighted by molar-refractivity contribution is -0.134. The minimum Gasteiger partial charge on any atom is -0.504 e. The molecule has 8 atom stereocenters. The Morgan fingerprint density at radius 3 is 2.63 bits per heavy atom. The number of phenols is 1. The van der Waals surface area contributed by atoms with Crippen LogP contribution in [0.5, 0.6) is 11.5 Å². The number of methoxy groups -OCH3 is 1. The van der Waals surface area contributed by atoms with Crippen LogP contribution in [-0.4, -0.2) is 75.5 Å². The van der Waals surface area contributed by atoms with Gasteiger partial charge in [0.1, 0.15) is 17.0 Å². The predicted molar refractivity (Wildman–Crippen MR) is 234 cm³/mol. The van der Waals surface area contributed by atoms with E-state index in [4.69, 9.17) is 10.5 Å². The van der Waals surface area contributed by atoms with Gasteiger partial charge in [-0.25, -0.2) is 4.98 Å². The number of aliphatic hydroxyl groups excluding tert-OH is 2. The molecule has 3 heterocycles. The fourth-order valence-corrected chi connectivity index (χ4v) is 12.0. The molecule has 322 valence electrons. The van der Waals surface area contributed by atoms with E-state index in [-0.39, 0.29) is 29.4 Å². The number of carbonyl (C=O) groups excluding carboxylic acids is 2. The van der Waals surface area contributed by atoms with E-state index in [1.54, 1.807) is 6.07 Å². The first-order valence-corrected chi connectivity index (χ1v) is 23.1. The molecule has 0 bridgehead atoms. The number of phenolic OH excluding ortho intramolecular Hbond substituents is 1. The standard InChI is InChI=1S/C50H66N4O6/c1-60-45-26-36-9-14-46(58)49(20-15-32(24-47(49)59)5-10-39-25-37-8-13-41(56)28-43(37)54-50(39)18-3-2-4-19-50)21-16-34(42(36)29-44(45)57)6-11-40(55)12-7-35-27-48(51)53-31-38(35)23-33-17-22-52-30-33/h17,26-27,29-32,34,37,39-40,43,47,54-55,57,59H,2-15,18-20,22-25,28H2,1H3,(H2,51,53)/t32-,34-,37-,39+,40-,43+,47+,49-/m0/s1. The highest BCUT2D eigenvalue weighted by molar-refractivity contribution is 5.89. The second-order valence-electron chi connectivity index (χ2n) is 19.2. The highest BCUT2D eigenvalue weighted by Crippen LogP contribution is 2.49. The number of pyridine rings is 1. The first-order chi connectivity index (χ1) is 29.0. The average molecular weight is 819 g/mol. The number of piperidine rings is 1. The number of allylic oxidation sites excluding steroid dienone is 1. The number of Topliss-reactive ketones (excluding diaryl/α,β-unsaturated/α-hetero) is 2. The minimum atomic E-state index is -1.14. The highest BCUT2D eigenvalue weighted by Gasteiger charge is 2.50. The number of fused-ring (bicyclic) bond motifs is 2. The van der Waals surface area contributed by atoms with Gasteiger partial charge in [0.2, 0.25) is 0 Å². The Labute approximate surface area is 356 Å². The molecular weight excluding hydrogens is 753 g/mol. The summed E-state index contributed by atoms with van der Waals surface area (Å²) in [5, 5.41) is 38.5. The van der Waals surface area contributed by atoms with E-state index in [2.05, 4.69) is 33.2 Å². The van der Waals surface area contributed by atoms with Crippen LogP contribution in [0.4, 0.5) is 5.82 Å². The molecule has 6 aliphatic rings. The molecular formula is C50H66N4O6. The highest BCUT2D eigenvalue weighted by atomic mass is 16.5. The zero-order chi connectivity index (χ0) is 41.9. The molecule has 60 heavy (non-hydrogen) atoms. The van der Waals surface area contributed by atoms with Crippen LogP contribution in [0.1, 0.15) is 144 Å². The average Bonchev–Trinajstić information content (AvgIpc) is 3.77. The van der Waals surface area contributed by atoms with Crippen LogP contribution in [0, 0.1) is 35.0 Å². The number of anilines is 1. The summed E-state index contributed by atoms with van der Waals surface area (Å²) in [7, 11) is 1.52. The van der Waals surface area contributed by atoms with Crippen LogP contribution in [-0.2, 0) is 28.9 Å². The predicted octanol–water partition coefficient (Wildman–Crippen LogP) is 7.29. The molecule has 0 radical (unpaired) electrons. The Kier molecular flexibility index (Phi) is 13.2. The monoisotopic (exact) mass is 818 g/mol. The van der Waals surface area contributed by atoms with Crippen LogP contribution in [0.3, 0.4) is 0 Å². The van der Waals surface area contributed by atoms with Crippen molar-refractivity contribution in [3.05, 3.63) is 58.3 Å². The van der Waals surface area contributed by atoms with Crippen LogP contribution in [0.25, 0.3) is 0 Å². The molecule has 3 saturated carbocycles. The normalized spacial score (nSPS) is 30.4. The summed E-state index contributed by atoms with van der Waals surface area (Å²) in [5.41, 5.74) is 10.1. The van der Waals surface area contributed by atoms with Crippen molar-refractivity contribution in [1.29, 1.82) is 0 Å². The van der Waals surface area contributed by atoms with E-state index >= 15 is 0 Å². The van der Waals surface area contributed by atoms with Crippen molar-refractivity contribution in [3.8, 4) is 23.3 Å². The van der Waals surface area contributed by atoms with Gasteiger partial charge in [-0.3, -0.25) is 14.6 Å². The molecule has 2 spiro atoms. The lowest BCUT2D eigenvalue weighted by Gasteiger charge is -2.54. The summed E-state index contributed by atoms with van der Waals surface area (Å²) in [4.78, 5) is 35.4. The third-order valence-electron chi connectivity index (χ3n) is 15.5. The number of rotatable bonds is 12. The Bertz CT molecular complexity index is 2030. The summed E-state index contributed by atoms with van der Waals surface area (Å²) in [5.74, 6) is 9.25. The van der Waals surface area contributed by atoms with Gasteiger partial charge in [0.25, 0.3) is 0 Å². The maximum atomic E-state index is 14.3. The van der Waals surface area contributed by atoms with Crippen molar-refractivity contribution >= 4 is 23.6 Å². The van der Waals surface area contributed by atoms with Gasteiger partial charge >= 0.3 is 0 Å². The van der Waals surface area contributed by atoms with Gasteiger partial charge in [0, 0.05) is 55.6 Å². The van der Waals surface area contributed by atoms with Crippen molar-refractivity contribution in [1.82, 2.24) is 10.3 Å². The number of nitrogens with zero attached hydrogens (tertiary/aromatic N) is 2. The molecule has 4 aliphatic carbocycles. The van der Waals surface area contributed by atoms with Gasteiger partial charge in [0.05, 0.1) is 25.9 Å². The lowest BCUT2D eigenvalue weighted by atomic mass is 9.60. The molecule has 6 N–H and O–H groups in total. The fourth-order valence-electron chi connectivity index (χ4n) is 12.0. The molecule has 0 amide bonds. The number of hydrogen-bond donors (Lipinski definition) is 5. The van der Waals surface area contributed by atoms with Gasteiger partial charge in [0.15, 0.2) is 17.3 Å². The van der Waals surface area contributed by atoms with E-state index in [1.165, 1.54) is 45.6 Å². The Balaban J connectivity index is 0.958. The SMILES string of the molecule is COc1cc2c(cc1O)[C@@H](CC[C@H](O)CCc1cc(N)ncc1CC1=CCN=C1)C#C[C@@]1(CC[C@H](CC[C@@H]3C[C@@H]4CCC(=O)C[C@H]4NC34CCCCC4)C[C@H]1O)C(=O)CC2. The smallest absolute Gasteiger partial charge is 0.160 e. The fraction of sp³-hybridized carbons (Fsp3) is 0.640. The van der Waals surface area contributed by atoms with Crippen molar-refractivity contribution in [2.45, 2.75) is 165 Å². The molecule has 10 nitrogen and oxygen atoms in total. The number of ether oxygens (including phenoxy) is 1. The molecule has 1 aromatic heterocycles. The third kappa shape index (κ3) is 9.24. The number of aromatic hydroxyl groups is 1. The number of aliphatic imine (C=N–C) groups is 1. The number of hydrogen-bond acceptors (Lipinski definition) is 10. The van der Waals surface area contributed by atoms with Gasteiger partial charge < -0.3 is 31.1 Å². The van der Waals surface area contributed by atoms with Gasteiger partial charge in [-0.1, -0.05) is 43.6 Å². The van der Waals surface area contributed by atoms with Gasteiger partial charge in [-0.15, -0.1) is 0 Å². The Morgan fingerprint density at radius 1 is 1.00 bits per heavy atom. The molecule has 10 heteroatoms. The number of aryl methyl sites for hydroxylation is 2. The molecule has 2 aromatic rings. The molecule has 1 saturated heterocycles. The van der Waals surface area contributed by atoms with E-state index in [0.29, 0.717) is 105 Å². The number of nitrogens with one attached hydrogen (secondary N) is 1. The quantitative estimate of drug-likeness (QED) is 0.138. The Hall–Kier alpha value is -4.04. The second kappa shape index (κ2) is 18.5. The van der Waals surface area contributed by atoms with Crippen molar-refractivity contribution < 1.29 is 29.6 Å². The van der Waals surface area contributed by atoms with Crippen LogP contribution < -0.4 is 15.8 Å². The van der Waals surface area contributed by atoms with E-state index in [1.807, 2.05) is 24.5 Å². The summed E-state index contributed by atoms with van der Waals surface area (Å²) >= 11 is 0. The summed E-state index contributed by atoms with van der Waals surface area (Å²) in [6.07, 6.45) is 21.8. The number of benzene rings is 1. The third-order valence-corrected chi connectivity index (χ3v) is 15.5. The van der Waals surface area contributed by atoms with Crippen molar-refractivity contribution in [2.24, 2.45) is 28.2 Å². The maximum Gasteiger partial charge on any atom is 0.160 e. The minimum absolute atomic E-state index is 0.0118. The zero-order valence-corrected chi connectivity index (χ0v) is 35.6. The molecule has 8 rings (SSSR count). The van der Waals surface area contributed by atoms with E-state index < -0.39 is 17.6 Å². The van der Waals surface area contributed by atoms with Crippen LogP contribution in [0.2, 0.25) is 0 Å². The van der Waals surface area contributed by atoms with Gasteiger partial charge in [-0.2, -0.15) is 0 Å². The van der Waals surface area contributed by atoms with Crippen LogP contribution in [0.15, 0.2) is 41.0 Å². The number of aliphatic hydroxyl groups is 2. The lowest BCUT2D eigenvalue weighted by Crippen LogP contribution is -2.63. The Morgan fingerprint density at radius 2 is 1.85 bits per heavy atom. The van der Waals surface area contributed by atoms with Crippen molar-refractivity contribution in [3.63, 3.8) is 0 Å². The van der Waals surface area contributed by atoms with E-state index in [9.17, 15) is 24.9 Å².